The summed E-state index contributed by atoms with van der Waals surface area (Å²) in [5, 5.41) is 15.8. The van der Waals surface area contributed by atoms with Crippen LogP contribution in [0.25, 0.3) is 21.5 Å². The van der Waals surface area contributed by atoms with Crippen molar-refractivity contribution < 1.29 is 9.84 Å². The molecule has 146 valence electrons. The molecular formula is C25H29NO2. The molecule has 5 rings (SSSR count). The third-order valence-electron chi connectivity index (χ3n) is 7.03. The number of rotatable bonds is 1. The lowest BCUT2D eigenvalue weighted by atomic mass is 9.80. The first-order chi connectivity index (χ1) is 13.5. The van der Waals surface area contributed by atoms with E-state index in [9.17, 15) is 5.11 Å². The molecule has 0 aromatic heterocycles. The highest BCUT2D eigenvalue weighted by Gasteiger charge is 2.36. The fraction of sp³-hybridized carbons (Fsp3) is 0.440. The van der Waals surface area contributed by atoms with E-state index in [1.807, 2.05) is 0 Å². The minimum atomic E-state index is -0.186. The highest BCUT2D eigenvalue weighted by atomic mass is 16.5. The Morgan fingerprint density at radius 2 is 1.79 bits per heavy atom. The molecule has 0 bridgehead atoms. The number of hydrogen-bond donors (Lipinski definition) is 1. The predicted molar refractivity (Wildman–Crippen MR) is 115 cm³/mol. The van der Waals surface area contributed by atoms with Crippen LogP contribution in [0.5, 0.6) is 5.75 Å². The topological polar surface area (TPSA) is 32.7 Å². The van der Waals surface area contributed by atoms with Crippen LogP contribution in [0, 0.1) is 19.8 Å². The first-order valence-corrected chi connectivity index (χ1v) is 10.4. The van der Waals surface area contributed by atoms with E-state index < -0.39 is 0 Å². The van der Waals surface area contributed by atoms with Crippen molar-refractivity contribution in [2.75, 3.05) is 13.7 Å². The highest BCUT2D eigenvalue weighted by molar-refractivity contribution is 6.11. The van der Waals surface area contributed by atoms with Crippen LogP contribution in [-0.4, -0.2) is 35.8 Å². The van der Waals surface area contributed by atoms with E-state index in [2.05, 4.69) is 56.0 Å². The van der Waals surface area contributed by atoms with Crippen LogP contribution in [0.3, 0.4) is 0 Å². The van der Waals surface area contributed by atoms with Gasteiger partial charge in [0.2, 0.25) is 0 Å². The first kappa shape index (κ1) is 18.0. The smallest absolute Gasteiger partial charge is 0.122 e. The van der Waals surface area contributed by atoms with Gasteiger partial charge in [0, 0.05) is 19.1 Å². The van der Waals surface area contributed by atoms with E-state index in [0.717, 1.165) is 31.7 Å². The van der Waals surface area contributed by atoms with Gasteiger partial charge in [-0.05, 0) is 83.0 Å². The Kier molecular flexibility index (Phi) is 4.15. The van der Waals surface area contributed by atoms with Gasteiger partial charge in [-0.3, -0.25) is 4.90 Å². The number of nitrogens with zero attached hydrogens (tertiary/aromatic N) is 1. The number of methoxy groups -OCH3 is 1. The molecule has 0 radical (unpaired) electrons. The Morgan fingerprint density at radius 1 is 1.00 bits per heavy atom. The Labute approximate surface area is 166 Å². The van der Waals surface area contributed by atoms with E-state index in [0.29, 0.717) is 12.0 Å². The number of piperidine rings is 1. The molecular weight excluding hydrogens is 346 g/mol. The molecule has 0 amide bonds. The van der Waals surface area contributed by atoms with Crippen LogP contribution in [0.2, 0.25) is 0 Å². The molecule has 0 saturated carbocycles. The number of hydrogen-bond acceptors (Lipinski definition) is 3. The van der Waals surface area contributed by atoms with Gasteiger partial charge in [-0.15, -0.1) is 0 Å². The van der Waals surface area contributed by atoms with Crippen molar-refractivity contribution in [2.45, 2.75) is 52.3 Å². The van der Waals surface area contributed by atoms with Crippen molar-refractivity contribution in [3.8, 4) is 5.75 Å². The number of ether oxygens (including phenoxy) is 1. The van der Waals surface area contributed by atoms with Gasteiger partial charge >= 0.3 is 0 Å². The van der Waals surface area contributed by atoms with Gasteiger partial charge in [0.1, 0.15) is 5.75 Å². The van der Waals surface area contributed by atoms with Crippen molar-refractivity contribution in [3.05, 3.63) is 52.6 Å². The number of aliphatic hydroxyl groups excluding tert-OH is 1. The molecule has 1 N–H and O–H groups in total. The van der Waals surface area contributed by atoms with Crippen molar-refractivity contribution in [2.24, 2.45) is 5.92 Å². The largest absolute Gasteiger partial charge is 0.496 e. The van der Waals surface area contributed by atoms with Crippen LogP contribution in [0.15, 0.2) is 30.3 Å². The molecule has 3 nitrogen and oxygen atoms in total. The molecule has 28 heavy (non-hydrogen) atoms. The summed E-state index contributed by atoms with van der Waals surface area (Å²) >= 11 is 0. The molecule has 1 saturated heterocycles. The summed E-state index contributed by atoms with van der Waals surface area (Å²) in [7, 11) is 1.76. The monoisotopic (exact) mass is 375 g/mol. The number of fused-ring (bicyclic) bond motifs is 7. The fourth-order valence-corrected chi connectivity index (χ4v) is 5.41. The Morgan fingerprint density at radius 3 is 2.57 bits per heavy atom. The average Bonchev–Trinajstić information content (AvgIpc) is 2.67. The molecule has 2 aliphatic heterocycles. The van der Waals surface area contributed by atoms with Gasteiger partial charge < -0.3 is 9.84 Å². The zero-order chi connectivity index (χ0) is 19.6. The summed E-state index contributed by atoms with van der Waals surface area (Å²) in [5.41, 5.74) is 5.39. The second kappa shape index (κ2) is 6.47. The Bertz CT molecular complexity index is 1090. The predicted octanol–water partition coefficient (Wildman–Crippen LogP) is 4.75. The molecule has 0 spiro atoms. The van der Waals surface area contributed by atoms with Crippen LogP contribution in [0.1, 0.15) is 35.6 Å². The van der Waals surface area contributed by atoms with Crippen LogP contribution < -0.4 is 4.74 Å². The molecule has 0 unspecified atom stereocenters. The van der Waals surface area contributed by atoms with E-state index in [4.69, 9.17) is 4.74 Å². The number of aryl methyl sites for hydroxylation is 2. The summed E-state index contributed by atoms with van der Waals surface area (Å²) < 4.78 is 5.67. The summed E-state index contributed by atoms with van der Waals surface area (Å²) in [5.74, 6) is 1.30. The Balaban J connectivity index is 1.80. The third-order valence-corrected chi connectivity index (χ3v) is 7.03. The minimum absolute atomic E-state index is 0.186. The van der Waals surface area contributed by atoms with Gasteiger partial charge in [-0.2, -0.15) is 0 Å². The summed E-state index contributed by atoms with van der Waals surface area (Å²) in [6, 6.07) is 11.8. The molecule has 3 aromatic rings. The van der Waals surface area contributed by atoms with Crippen LogP contribution in [0.4, 0.5) is 0 Å². The quantitative estimate of drug-likeness (QED) is 0.623. The van der Waals surface area contributed by atoms with Crippen LogP contribution in [-0.2, 0) is 13.0 Å². The third kappa shape index (κ3) is 2.64. The normalized spacial score (nSPS) is 25.0. The van der Waals surface area contributed by atoms with Crippen molar-refractivity contribution in [1.29, 1.82) is 0 Å². The maximum Gasteiger partial charge on any atom is 0.122 e. The van der Waals surface area contributed by atoms with Gasteiger partial charge in [0.15, 0.2) is 0 Å². The summed E-state index contributed by atoms with van der Waals surface area (Å²) in [4.78, 5) is 2.59. The van der Waals surface area contributed by atoms with Gasteiger partial charge in [-0.1, -0.05) is 30.7 Å². The lowest BCUT2D eigenvalue weighted by Crippen LogP contribution is -2.51. The van der Waals surface area contributed by atoms with Crippen molar-refractivity contribution in [3.63, 3.8) is 0 Å². The zero-order valence-electron chi connectivity index (χ0n) is 17.2. The van der Waals surface area contributed by atoms with Gasteiger partial charge in [-0.25, -0.2) is 0 Å². The maximum absolute atomic E-state index is 10.5. The zero-order valence-corrected chi connectivity index (χ0v) is 17.2. The van der Waals surface area contributed by atoms with Gasteiger partial charge in [0.05, 0.1) is 13.2 Å². The number of benzene rings is 3. The standard InChI is InChI=1S/C25H29NO2/c1-14-5-6-18-19(7-14)20-8-15(2)25(28-4)11-22(20)21-9-17-10-24(27)16(3)12-26(17)13-23(18)21/h5-8,11,16-17,24,27H,9-10,12-13H2,1-4H3/t16-,17-,24-/m0/s1. The molecule has 3 aromatic carbocycles. The maximum atomic E-state index is 10.5. The Hall–Kier alpha value is -2.10. The van der Waals surface area contributed by atoms with Crippen LogP contribution >= 0.6 is 0 Å². The van der Waals surface area contributed by atoms with E-state index in [1.165, 1.54) is 43.8 Å². The first-order valence-electron chi connectivity index (χ1n) is 10.4. The van der Waals surface area contributed by atoms with E-state index >= 15 is 0 Å². The summed E-state index contributed by atoms with van der Waals surface area (Å²) in [6.45, 7) is 8.42. The molecule has 3 atom stereocenters. The second-order valence-electron chi connectivity index (χ2n) is 8.94. The fourth-order valence-electron chi connectivity index (χ4n) is 5.41. The minimum Gasteiger partial charge on any atom is -0.496 e. The average molecular weight is 376 g/mol. The summed E-state index contributed by atoms with van der Waals surface area (Å²) in [6.07, 6.45) is 1.69. The van der Waals surface area contributed by atoms with Crippen molar-refractivity contribution >= 4 is 21.5 Å². The molecule has 1 fully saturated rings. The van der Waals surface area contributed by atoms with E-state index in [1.54, 1.807) is 7.11 Å². The second-order valence-corrected chi connectivity index (χ2v) is 8.94. The molecule has 2 heterocycles. The van der Waals surface area contributed by atoms with Gasteiger partial charge in [0.25, 0.3) is 0 Å². The van der Waals surface area contributed by atoms with Crippen molar-refractivity contribution in [1.82, 2.24) is 4.90 Å². The van der Waals surface area contributed by atoms with E-state index in [-0.39, 0.29) is 6.10 Å². The lowest BCUT2D eigenvalue weighted by molar-refractivity contribution is -0.00783. The lowest BCUT2D eigenvalue weighted by Gasteiger charge is -2.45. The molecule has 0 aliphatic carbocycles. The molecule has 2 aliphatic rings. The highest BCUT2D eigenvalue weighted by Crippen LogP contribution is 2.42. The molecule has 3 heteroatoms. The number of aliphatic hydroxyl groups is 1. The SMILES string of the molecule is COc1cc2c3c(c4ccc(C)cc4c2cc1C)CN1C[C@H](C)[C@@H](O)C[C@@H]1C3.